The van der Waals surface area contributed by atoms with Gasteiger partial charge in [-0.1, -0.05) is 30.0 Å². The van der Waals surface area contributed by atoms with Crippen molar-refractivity contribution in [3.05, 3.63) is 54.1 Å². The van der Waals surface area contributed by atoms with Crippen LogP contribution in [0.25, 0.3) is 11.5 Å². The number of thioether (sulfide) groups is 1. The molecule has 0 fully saturated rings. The minimum atomic E-state index is -0.376. The molecule has 1 N–H and O–H groups in total. The molecule has 1 heterocycles. The molecule has 134 valence electrons. The second kappa shape index (κ2) is 8.05. The summed E-state index contributed by atoms with van der Waals surface area (Å²) in [6.07, 6.45) is 0. The third kappa shape index (κ3) is 4.23. The molecule has 1 amide bonds. The van der Waals surface area contributed by atoms with Crippen LogP contribution in [0.3, 0.4) is 0 Å². The number of hydrogen-bond acceptors (Lipinski definition) is 6. The van der Waals surface area contributed by atoms with Gasteiger partial charge in [-0.2, -0.15) is 0 Å². The molecule has 0 aliphatic rings. The predicted octanol–water partition coefficient (Wildman–Crippen LogP) is 4.17. The SMILES string of the molecule is COc1ccc(-c2nnc(SC(C)C(=O)Nc3ccccc3C)o2)cc1. The predicted molar refractivity (Wildman–Crippen MR) is 101 cm³/mol. The molecule has 3 rings (SSSR count). The highest BCUT2D eigenvalue weighted by atomic mass is 32.2. The third-order valence-corrected chi connectivity index (χ3v) is 4.73. The summed E-state index contributed by atoms with van der Waals surface area (Å²) in [5.74, 6) is 1.04. The Balaban J connectivity index is 1.64. The van der Waals surface area contributed by atoms with Gasteiger partial charge in [0.25, 0.3) is 5.22 Å². The molecule has 0 radical (unpaired) electrons. The first kappa shape index (κ1) is 18.0. The fourth-order valence-electron chi connectivity index (χ4n) is 2.26. The third-order valence-electron chi connectivity index (χ3n) is 3.79. The maximum Gasteiger partial charge on any atom is 0.277 e. The Labute approximate surface area is 156 Å². The van der Waals surface area contributed by atoms with E-state index in [0.717, 1.165) is 22.6 Å². The van der Waals surface area contributed by atoms with E-state index in [2.05, 4.69) is 15.5 Å². The van der Waals surface area contributed by atoms with E-state index in [4.69, 9.17) is 9.15 Å². The normalized spacial score (nSPS) is 11.8. The minimum absolute atomic E-state index is 0.117. The number of para-hydroxylation sites is 1. The topological polar surface area (TPSA) is 77.2 Å². The number of rotatable bonds is 6. The average molecular weight is 369 g/mol. The number of nitrogens with one attached hydrogen (secondary N) is 1. The van der Waals surface area contributed by atoms with Crippen molar-refractivity contribution < 1.29 is 13.9 Å². The highest BCUT2D eigenvalue weighted by molar-refractivity contribution is 8.00. The van der Waals surface area contributed by atoms with Gasteiger partial charge in [0, 0.05) is 11.3 Å². The number of carbonyl (C=O) groups is 1. The monoisotopic (exact) mass is 369 g/mol. The van der Waals surface area contributed by atoms with Gasteiger partial charge in [0.2, 0.25) is 11.8 Å². The van der Waals surface area contributed by atoms with E-state index in [0.29, 0.717) is 11.1 Å². The Bertz CT molecular complexity index is 893. The van der Waals surface area contributed by atoms with E-state index < -0.39 is 0 Å². The first-order valence-corrected chi connectivity index (χ1v) is 8.96. The lowest BCUT2D eigenvalue weighted by molar-refractivity contribution is -0.115. The summed E-state index contributed by atoms with van der Waals surface area (Å²) >= 11 is 1.22. The lowest BCUT2D eigenvalue weighted by atomic mass is 10.2. The van der Waals surface area contributed by atoms with Crippen LogP contribution in [0.5, 0.6) is 5.75 Å². The van der Waals surface area contributed by atoms with Crippen molar-refractivity contribution in [2.24, 2.45) is 0 Å². The largest absolute Gasteiger partial charge is 0.497 e. The quantitative estimate of drug-likeness (QED) is 0.657. The number of aryl methyl sites for hydroxylation is 1. The second-order valence-corrected chi connectivity index (χ2v) is 6.96. The molecular formula is C19H19N3O3S. The summed E-state index contributed by atoms with van der Waals surface area (Å²) in [5, 5.41) is 11.0. The maximum atomic E-state index is 12.4. The number of nitrogens with zero attached hydrogens (tertiary/aromatic N) is 2. The summed E-state index contributed by atoms with van der Waals surface area (Å²) in [4.78, 5) is 12.4. The first-order chi connectivity index (χ1) is 12.6. The molecule has 1 atom stereocenters. The van der Waals surface area contributed by atoms with Crippen LogP contribution in [0.15, 0.2) is 58.2 Å². The molecule has 2 aromatic carbocycles. The van der Waals surface area contributed by atoms with Crippen molar-refractivity contribution in [2.75, 3.05) is 12.4 Å². The first-order valence-electron chi connectivity index (χ1n) is 8.08. The van der Waals surface area contributed by atoms with Gasteiger partial charge in [-0.3, -0.25) is 4.79 Å². The van der Waals surface area contributed by atoms with Crippen LogP contribution in [0.1, 0.15) is 12.5 Å². The summed E-state index contributed by atoms with van der Waals surface area (Å²) in [5.41, 5.74) is 2.61. The van der Waals surface area contributed by atoms with Gasteiger partial charge in [-0.05, 0) is 49.7 Å². The highest BCUT2D eigenvalue weighted by Gasteiger charge is 2.19. The number of hydrogen-bond donors (Lipinski definition) is 1. The Hall–Kier alpha value is -2.80. The lowest BCUT2D eigenvalue weighted by Gasteiger charge is -2.11. The van der Waals surface area contributed by atoms with Gasteiger partial charge in [0.05, 0.1) is 12.4 Å². The van der Waals surface area contributed by atoms with Gasteiger partial charge in [0.15, 0.2) is 0 Å². The number of benzene rings is 2. The van der Waals surface area contributed by atoms with Gasteiger partial charge in [-0.25, -0.2) is 0 Å². The van der Waals surface area contributed by atoms with Crippen LogP contribution < -0.4 is 10.1 Å². The van der Waals surface area contributed by atoms with Crippen molar-refractivity contribution in [2.45, 2.75) is 24.3 Å². The Morgan fingerprint density at radius 1 is 1.15 bits per heavy atom. The van der Waals surface area contributed by atoms with E-state index >= 15 is 0 Å². The van der Waals surface area contributed by atoms with Gasteiger partial charge < -0.3 is 14.5 Å². The van der Waals surface area contributed by atoms with E-state index in [1.165, 1.54) is 11.8 Å². The molecule has 26 heavy (non-hydrogen) atoms. The smallest absolute Gasteiger partial charge is 0.277 e. The van der Waals surface area contributed by atoms with E-state index in [1.807, 2.05) is 55.5 Å². The number of ether oxygens (including phenoxy) is 1. The van der Waals surface area contributed by atoms with Crippen molar-refractivity contribution in [1.82, 2.24) is 10.2 Å². The molecule has 0 aliphatic carbocycles. The summed E-state index contributed by atoms with van der Waals surface area (Å²) in [6.45, 7) is 3.75. The maximum absolute atomic E-state index is 12.4. The standard InChI is InChI=1S/C19H19N3O3S/c1-12-6-4-5-7-16(12)20-17(23)13(2)26-19-22-21-18(25-19)14-8-10-15(24-3)11-9-14/h4-11,13H,1-3H3,(H,20,23). The average Bonchev–Trinajstić information content (AvgIpc) is 3.12. The molecule has 6 nitrogen and oxygen atoms in total. The van der Waals surface area contributed by atoms with Crippen LogP contribution in [-0.4, -0.2) is 28.5 Å². The molecule has 0 spiro atoms. The zero-order valence-corrected chi connectivity index (χ0v) is 15.5. The molecule has 3 aromatic rings. The van der Waals surface area contributed by atoms with Crippen LogP contribution in [0, 0.1) is 6.92 Å². The lowest BCUT2D eigenvalue weighted by Crippen LogP contribution is -2.22. The van der Waals surface area contributed by atoms with Gasteiger partial charge in [-0.15, -0.1) is 10.2 Å². The van der Waals surface area contributed by atoms with Gasteiger partial charge in [0.1, 0.15) is 5.75 Å². The van der Waals surface area contributed by atoms with Crippen LogP contribution in [0.2, 0.25) is 0 Å². The zero-order chi connectivity index (χ0) is 18.5. The van der Waals surface area contributed by atoms with E-state index in [-0.39, 0.29) is 11.2 Å². The molecule has 0 aliphatic heterocycles. The number of aromatic nitrogens is 2. The van der Waals surface area contributed by atoms with Crippen molar-refractivity contribution >= 4 is 23.4 Å². The molecule has 7 heteroatoms. The fraction of sp³-hybridized carbons (Fsp3) is 0.211. The van der Waals surface area contributed by atoms with Crippen LogP contribution >= 0.6 is 11.8 Å². The van der Waals surface area contributed by atoms with Crippen molar-refractivity contribution in [3.63, 3.8) is 0 Å². The molecule has 1 aromatic heterocycles. The van der Waals surface area contributed by atoms with Crippen molar-refractivity contribution in [1.29, 1.82) is 0 Å². The second-order valence-electron chi connectivity index (χ2n) is 5.67. The Morgan fingerprint density at radius 2 is 1.88 bits per heavy atom. The highest BCUT2D eigenvalue weighted by Crippen LogP contribution is 2.28. The minimum Gasteiger partial charge on any atom is -0.497 e. The summed E-state index contributed by atoms with van der Waals surface area (Å²) in [7, 11) is 1.61. The number of methoxy groups -OCH3 is 1. The fourth-order valence-corrected chi connectivity index (χ4v) is 2.94. The van der Waals surface area contributed by atoms with Crippen molar-refractivity contribution in [3.8, 4) is 17.2 Å². The number of carbonyl (C=O) groups excluding carboxylic acids is 1. The Kier molecular flexibility index (Phi) is 5.58. The zero-order valence-electron chi connectivity index (χ0n) is 14.7. The molecule has 0 saturated heterocycles. The summed E-state index contributed by atoms with van der Waals surface area (Å²) in [6, 6.07) is 15.0. The van der Waals surface area contributed by atoms with E-state index in [1.54, 1.807) is 14.0 Å². The van der Waals surface area contributed by atoms with Crippen LogP contribution in [0.4, 0.5) is 5.69 Å². The van der Waals surface area contributed by atoms with E-state index in [9.17, 15) is 4.79 Å². The number of anilines is 1. The molecular weight excluding hydrogens is 350 g/mol. The molecule has 0 saturated carbocycles. The summed E-state index contributed by atoms with van der Waals surface area (Å²) < 4.78 is 10.8. The number of amides is 1. The molecule has 0 bridgehead atoms. The van der Waals surface area contributed by atoms with Crippen LogP contribution in [-0.2, 0) is 4.79 Å². The Morgan fingerprint density at radius 3 is 2.58 bits per heavy atom. The molecule has 1 unspecified atom stereocenters. The van der Waals surface area contributed by atoms with Gasteiger partial charge >= 0.3 is 0 Å².